The zero-order chi connectivity index (χ0) is 26.7. The average Bonchev–Trinajstić information content (AvgIpc) is 3.27. The van der Waals surface area contributed by atoms with Crippen LogP contribution in [0.4, 0.5) is 26.3 Å². The molecule has 2 aromatic rings. The Morgan fingerprint density at radius 2 is 1.54 bits per heavy atom. The van der Waals surface area contributed by atoms with Gasteiger partial charge in [-0.05, 0) is 67.2 Å². The van der Waals surface area contributed by atoms with Crippen molar-refractivity contribution < 1.29 is 26.3 Å². The van der Waals surface area contributed by atoms with Gasteiger partial charge in [-0.1, -0.05) is 30.7 Å². The number of allylic oxidation sites excluding steroid dienone is 5. The number of nitriles is 1. The first-order valence-corrected chi connectivity index (χ1v) is 11.6. The molecule has 0 bridgehead atoms. The minimum atomic E-state index is -4.59. The molecule has 0 amide bonds. The molecule has 1 aliphatic heterocycles. The molecule has 0 radical (unpaired) electrons. The Morgan fingerprint density at radius 3 is 2.14 bits per heavy atom. The number of rotatable bonds is 1. The highest BCUT2D eigenvalue weighted by molar-refractivity contribution is 6.43. The maximum Gasteiger partial charge on any atom is 0.416 e. The standard InChI is InChI=1S/C28H19F6N3/c1-3-4-18-21-11-15(27(29,30)31)6-9-17(21)19-8-5-14(2)23-25(36-13-35)22-12-16(28(32,33)34)7-10-20(22)26(23)37-24(18)19/h4,6-7,9-12H,3,5,8H2,1-2H3/b18-4+,23-14?,36-25?,37-26?. The van der Waals surface area contributed by atoms with Gasteiger partial charge in [-0.2, -0.15) is 36.6 Å². The molecule has 0 saturated heterocycles. The minimum absolute atomic E-state index is 0.125. The lowest BCUT2D eigenvalue weighted by molar-refractivity contribution is -0.138. The molecular weight excluding hydrogens is 492 g/mol. The molecule has 0 saturated carbocycles. The fraction of sp³-hybridized carbons (Fsp3) is 0.250. The number of halogens is 6. The van der Waals surface area contributed by atoms with Crippen LogP contribution in [-0.2, 0) is 12.4 Å². The molecule has 9 heteroatoms. The molecule has 0 atom stereocenters. The van der Waals surface area contributed by atoms with Gasteiger partial charge < -0.3 is 0 Å². The Balaban J connectivity index is 1.77. The third-order valence-electron chi connectivity index (χ3n) is 6.80. The van der Waals surface area contributed by atoms with E-state index in [-0.39, 0.29) is 11.3 Å². The van der Waals surface area contributed by atoms with E-state index < -0.39 is 23.5 Å². The predicted molar refractivity (Wildman–Crippen MR) is 129 cm³/mol. The van der Waals surface area contributed by atoms with Gasteiger partial charge >= 0.3 is 12.4 Å². The maximum atomic E-state index is 13.5. The summed E-state index contributed by atoms with van der Waals surface area (Å²) in [7, 11) is 0. The normalized spacial score (nSPS) is 19.3. The molecule has 37 heavy (non-hydrogen) atoms. The smallest absolute Gasteiger partial charge is 0.247 e. The summed E-state index contributed by atoms with van der Waals surface area (Å²) in [4.78, 5) is 8.77. The summed E-state index contributed by atoms with van der Waals surface area (Å²) in [6, 6.07) is 6.89. The summed E-state index contributed by atoms with van der Waals surface area (Å²) in [6.07, 6.45) is -4.11. The second-order valence-corrected chi connectivity index (χ2v) is 9.05. The van der Waals surface area contributed by atoms with Crippen LogP contribution in [0.15, 0.2) is 69.3 Å². The van der Waals surface area contributed by atoms with Crippen molar-refractivity contribution in [3.8, 4) is 6.19 Å². The number of hydrogen-bond donors (Lipinski definition) is 0. The molecule has 0 unspecified atom stereocenters. The Kier molecular flexibility index (Phi) is 5.74. The largest absolute Gasteiger partial charge is 0.416 e. The summed E-state index contributed by atoms with van der Waals surface area (Å²) >= 11 is 0. The first-order chi connectivity index (χ1) is 17.5. The Labute approximate surface area is 208 Å². The lowest BCUT2D eigenvalue weighted by Crippen LogP contribution is -2.09. The molecule has 3 nitrogen and oxygen atoms in total. The zero-order valence-electron chi connectivity index (χ0n) is 19.8. The minimum Gasteiger partial charge on any atom is -0.247 e. The molecular formula is C28H19F6N3. The van der Waals surface area contributed by atoms with Gasteiger partial charge in [0.2, 0.25) is 6.19 Å². The Bertz CT molecular complexity index is 1540. The predicted octanol–water partition coefficient (Wildman–Crippen LogP) is 8.13. The van der Waals surface area contributed by atoms with Gasteiger partial charge in [0, 0.05) is 22.3 Å². The summed E-state index contributed by atoms with van der Waals surface area (Å²) in [5, 5.41) is 9.32. The van der Waals surface area contributed by atoms with Crippen molar-refractivity contribution in [3.05, 3.63) is 92.7 Å². The number of benzene rings is 2. The monoisotopic (exact) mass is 511 g/mol. The summed E-state index contributed by atoms with van der Waals surface area (Å²) < 4.78 is 81.0. The van der Waals surface area contributed by atoms with E-state index in [0.717, 1.165) is 35.4 Å². The van der Waals surface area contributed by atoms with Crippen molar-refractivity contribution in [2.24, 2.45) is 9.98 Å². The van der Waals surface area contributed by atoms with Crippen molar-refractivity contribution in [1.82, 2.24) is 0 Å². The second kappa shape index (κ2) is 8.58. The number of fused-ring (bicyclic) bond motifs is 5. The van der Waals surface area contributed by atoms with Crippen LogP contribution in [0.3, 0.4) is 0 Å². The molecule has 2 aromatic carbocycles. The second-order valence-electron chi connectivity index (χ2n) is 9.05. The van der Waals surface area contributed by atoms with Crippen LogP contribution in [0.5, 0.6) is 0 Å². The van der Waals surface area contributed by atoms with Crippen LogP contribution in [-0.4, -0.2) is 11.4 Å². The van der Waals surface area contributed by atoms with Gasteiger partial charge in [0.05, 0.1) is 28.2 Å². The molecule has 1 heterocycles. The van der Waals surface area contributed by atoms with Crippen molar-refractivity contribution in [3.63, 3.8) is 0 Å². The summed E-state index contributed by atoms with van der Waals surface area (Å²) in [5.41, 5.74) is 3.63. The third kappa shape index (κ3) is 4.01. The van der Waals surface area contributed by atoms with E-state index in [4.69, 9.17) is 4.99 Å². The van der Waals surface area contributed by atoms with Crippen molar-refractivity contribution in [2.75, 3.05) is 0 Å². The quantitative estimate of drug-likeness (QED) is 0.282. The third-order valence-corrected chi connectivity index (χ3v) is 6.80. The average molecular weight is 511 g/mol. The van der Waals surface area contributed by atoms with Gasteiger partial charge in [-0.25, -0.2) is 4.99 Å². The zero-order valence-corrected chi connectivity index (χ0v) is 19.8. The first kappa shape index (κ1) is 24.8. The molecule has 0 spiro atoms. The van der Waals surface area contributed by atoms with E-state index in [1.807, 2.05) is 19.9 Å². The lowest BCUT2D eigenvalue weighted by Gasteiger charge is -2.15. The topological polar surface area (TPSA) is 48.5 Å². The summed E-state index contributed by atoms with van der Waals surface area (Å²) in [5.74, 6) is 0. The number of alkyl halides is 6. The first-order valence-electron chi connectivity index (χ1n) is 11.6. The molecule has 0 N–H and O–H groups in total. The molecule has 0 fully saturated rings. The van der Waals surface area contributed by atoms with E-state index in [1.165, 1.54) is 12.1 Å². The van der Waals surface area contributed by atoms with Gasteiger partial charge in [0.15, 0.2) is 0 Å². The SMILES string of the molecule is CC/C=C1/C2=C(CCC(C)=C3C(=NC#N)c4cc(C(F)(F)F)ccc4C3=N2)c2ccc(C(F)(F)F)cc21. The summed E-state index contributed by atoms with van der Waals surface area (Å²) in [6.45, 7) is 3.68. The molecule has 3 aliphatic rings. The fourth-order valence-electron chi connectivity index (χ4n) is 5.16. The molecule has 0 aromatic heterocycles. The van der Waals surface area contributed by atoms with Crippen molar-refractivity contribution >= 4 is 22.6 Å². The number of aliphatic imine (C=N–C) groups is 2. The number of hydrogen-bond acceptors (Lipinski definition) is 3. The van der Waals surface area contributed by atoms with Crippen LogP contribution < -0.4 is 0 Å². The molecule has 5 rings (SSSR count). The maximum absolute atomic E-state index is 13.5. The van der Waals surface area contributed by atoms with E-state index in [9.17, 15) is 31.6 Å². The van der Waals surface area contributed by atoms with Gasteiger partial charge in [-0.15, -0.1) is 0 Å². The van der Waals surface area contributed by atoms with Crippen molar-refractivity contribution in [2.45, 2.75) is 45.5 Å². The van der Waals surface area contributed by atoms with E-state index >= 15 is 0 Å². The Hall–Kier alpha value is -3.93. The molecule has 2 aliphatic carbocycles. The molecule has 188 valence electrons. The van der Waals surface area contributed by atoms with E-state index in [1.54, 1.807) is 6.19 Å². The highest BCUT2D eigenvalue weighted by Gasteiger charge is 2.39. The van der Waals surface area contributed by atoms with Crippen LogP contribution in [0.1, 0.15) is 66.5 Å². The van der Waals surface area contributed by atoms with Crippen molar-refractivity contribution in [1.29, 1.82) is 5.26 Å². The Morgan fingerprint density at radius 1 is 0.919 bits per heavy atom. The van der Waals surface area contributed by atoms with E-state index in [2.05, 4.69) is 4.99 Å². The van der Waals surface area contributed by atoms with Crippen LogP contribution in [0.2, 0.25) is 0 Å². The van der Waals surface area contributed by atoms with Gasteiger partial charge in [0.25, 0.3) is 0 Å². The van der Waals surface area contributed by atoms with Crippen LogP contribution >= 0.6 is 0 Å². The van der Waals surface area contributed by atoms with Gasteiger partial charge in [0.1, 0.15) is 0 Å². The van der Waals surface area contributed by atoms with Crippen LogP contribution in [0, 0.1) is 11.5 Å². The lowest BCUT2D eigenvalue weighted by atomic mass is 9.93. The van der Waals surface area contributed by atoms with Gasteiger partial charge in [-0.3, -0.25) is 0 Å². The highest BCUT2D eigenvalue weighted by Crippen LogP contribution is 2.49. The number of nitrogens with zero attached hydrogens (tertiary/aromatic N) is 3. The highest BCUT2D eigenvalue weighted by atomic mass is 19.4. The van der Waals surface area contributed by atoms with Crippen LogP contribution in [0.25, 0.3) is 11.1 Å². The fourth-order valence-corrected chi connectivity index (χ4v) is 5.16. The van der Waals surface area contributed by atoms with E-state index in [0.29, 0.717) is 58.5 Å².